The first-order valence-corrected chi connectivity index (χ1v) is 9.14. The van der Waals surface area contributed by atoms with Crippen molar-refractivity contribution in [3.8, 4) is 5.75 Å². The van der Waals surface area contributed by atoms with Gasteiger partial charge in [-0.05, 0) is 42.4 Å². The van der Waals surface area contributed by atoms with Crippen LogP contribution in [0.5, 0.6) is 5.75 Å². The third-order valence-electron chi connectivity index (χ3n) is 4.81. The van der Waals surface area contributed by atoms with E-state index in [4.69, 9.17) is 4.74 Å². The van der Waals surface area contributed by atoms with E-state index < -0.39 is 0 Å². The summed E-state index contributed by atoms with van der Waals surface area (Å²) in [6.45, 7) is 0.881. The van der Waals surface area contributed by atoms with Crippen LogP contribution in [0.3, 0.4) is 0 Å². The van der Waals surface area contributed by atoms with Gasteiger partial charge >= 0.3 is 0 Å². The van der Waals surface area contributed by atoms with Crippen molar-refractivity contribution in [2.45, 2.75) is 62.6 Å². The zero-order valence-corrected chi connectivity index (χ0v) is 13.8. The Labute approximate surface area is 131 Å². The molecule has 1 atom stereocenters. The van der Waals surface area contributed by atoms with Crippen LogP contribution >= 0.6 is 15.9 Å². The molecule has 0 radical (unpaired) electrons. The first-order chi connectivity index (χ1) is 9.83. The van der Waals surface area contributed by atoms with Crippen molar-refractivity contribution in [2.24, 2.45) is 5.92 Å². The molecule has 1 fully saturated rings. The Morgan fingerprint density at radius 1 is 1.10 bits per heavy atom. The Balaban J connectivity index is 1.65. The molecule has 0 spiro atoms. The van der Waals surface area contributed by atoms with Gasteiger partial charge in [0.15, 0.2) is 0 Å². The molecule has 0 aromatic heterocycles. The van der Waals surface area contributed by atoms with Gasteiger partial charge in [-0.15, -0.1) is 0 Å². The number of hydrogen-bond acceptors (Lipinski definition) is 1. The Kier molecular flexibility index (Phi) is 5.04. The Bertz CT molecular complexity index is 435. The molecule has 1 aromatic carbocycles. The van der Waals surface area contributed by atoms with E-state index in [-0.39, 0.29) is 0 Å². The minimum atomic E-state index is 0.512. The molecule has 0 saturated heterocycles. The average molecular weight is 337 g/mol. The maximum Gasteiger partial charge on any atom is 0.122 e. The summed E-state index contributed by atoms with van der Waals surface area (Å²) < 4.78 is 5.71. The lowest BCUT2D eigenvalue weighted by atomic mass is 9.92. The topological polar surface area (TPSA) is 9.23 Å². The number of fused-ring (bicyclic) bond motifs is 1. The van der Waals surface area contributed by atoms with Crippen molar-refractivity contribution in [2.75, 3.05) is 6.61 Å². The molecule has 0 bridgehead atoms. The summed E-state index contributed by atoms with van der Waals surface area (Å²) in [6.07, 6.45) is 12.2. The molecule has 1 heterocycles. The summed E-state index contributed by atoms with van der Waals surface area (Å²) in [6, 6.07) is 6.79. The van der Waals surface area contributed by atoms with E-state index in [1.165, 1.54) is 62.5 Å². The van der Waals surface area contributed by atoms with Crippen molar-refractivity contribution in [3.63, 3.8) is 0 Å². The summed E-state index contributed by atoms with van der Waals surface area (Å²) in [4.78, 5) is 0.512. The van der Waals surface area contributed by atoms with Crippen LogP contribution in [0.1, 0.15) is 67.3 Å². The van der Waals surface area contributed by atoms with Gasteiger partial charge in [0.25, 0.3) is 0 Å². The van der Waals surface area contributed by atoms with E-state index in [1.807, 2.05) is 0 Å². The normalized spacial score (nSPS) is 21.6. The summed E-state index contributed by atoms with van der Waals surface area (Å²) in [5.74, 6) is 2.02. The smallest absolute Gasteiger partial charge is 0.122 e. The molecule has 2 aliphatic rings. The number of alkyl halides is 1. The van der Waals surface area contributed by atoms with Crippen LogP contribution in [0.25, 0.3) is 0 Å². The van der Waals surface area contributed by atoms with Crippen LogP contribution in [-0.4, -0.2) is 6.61 Å². The zero-order valence-electron chi connectivity index (χ0n) is 12.2. The number of hydrogen-bond donors (Lipinski definition) is 0. The number of benzene rings is 1. The van der Waals surface area contributed by atoms with Crippen molar-refractivity contribution in [1.29, 1.82) is 0 Å². The quantitative estimate of drug-likeness (QED) is 0.500. The molecule has 1 saturated carbocycles. The number of ether oxygens (including phenoxy) is 1. The number of halogens is 1. The van der Waals surface area contributed by atoms with E-state index in [9.17, 15) is 0 Å². The van der Waals surface area contributed by atoms with Gasteiger partial charge in [0.2, 0.25) is 0 Å². The fourth-order valence-electron chi connectivity index (χ4n) is 3.60. The van der Waals surface area contributed by atoms with Crippen LogP contribution < -0.4 is 4.74 Å². The predicted octanol–water partition coefficient (Wildman–Crippen LogP) is 5.81. The van der Waals surface area contributed by atoms with Crippen LogP contribution in [0, 0.1) is 5.92 Å². The third kappa shape index (κ3) is 3.58. The SMILES string of the molecule is BrC(CC1CCCCCC1)c1ccc2c(c1)CCCO2. The Morgan fingerprint density at radius 3 is 2.70 bits per heavy atom. The Morgan fingerprint density at radius 2 is 1.90 bits per heavy atom. The van der Waals surface area contributed by atoms with Gasteiger partial charge in [0.1, 0.15) is 5.75 Å². The van der Waals surface area contributed by atoms with E-state index in [2.05, 4.69) is 34.1 Å². The largest absolute Gasteiger partial charge is 0.493 e. The molecule has 3 rings (SSSR count). The zero-order chi connectivity index (χ0) is 13.8. The lowest BCUT2D eigenvalue weighted by molar-refractivity contribution is 0.288. The summed E-state index contributed by atoms with van der Waals surface area (Å²) in [5, 5.41) is 0. The molecule has 1 aromatic rings. The second-order valence-electron chi connectivity index (χ2n) is 6.38. The molecule has 110 valence electrons. The lowest BCUT2D eigenvalue weighted by Gasteiger charge is -2.21. The molecular formula is C18H25BrO. The fourth-order valence-corrected chi connectivity index (χ4v) is 4.42. The van der Waals surface area contributed by atoms with Crippen molar-refractivity contribution in [1.82, 2.24) is 0 Å². The molecule has 1 unspecified atom stereocenters. The van der Waals surface area contributed by atoms with E-state index in [0.717, 1.165) is 24.7 Å². The van der Waals surface area contributed by atoms with Gasteiger partial charge in [-0.25, -0.2) is 0 Å². The number of rotatable bonds is 3. The monoisotopic (exact) mass is 336 g/mol. The van der Waals surface area contributed by atoms with Crippen LogP contribution in [0.4, 0.5) is 0 Å². The molecule has 0 amide bonds. The van der Waals surface area contributed by atoms with Crippen LogP contribution in [-0.2, 0) is 6.42 Å². The van der Waals surface area contributed by atoms with Crippen molar-refractivity contribution >= 4 is 15.9 Å². The van der Waals surface area contributed by atoms with Gasteiger partial charge in [-0.2, -0.15) is 0 Å². The maximum atomic E-state index is 5.71. The van der Waals surface area contributed by atoms with Gasteiger partial charge in [-0.3, -0.25) is 0 Å². The van der Waals surface area contributed by atoms with E-state index >= 15 is 0 Å². The molecule has 2 heteroatoms. The molecule has 0 N–H and O–H groups in total. The first-order valence-electron chi connectivity index (χ1n) is 8.22. The van der Waals surface area contributed by atoms with E-state index in [0.29, 0.717) is 4.83 Å². The molecular weight excluding hydrogens is 312 g/mol. The fraction of sp³-hybridized carbons (Fsp3) is 0.667. The van der Waals surface area contributed by atoms with E-state index in [1.54, 1.807) is 0 Å². The van der Waals surface area contributed by atoms with Crippen LogP contribution in [0.2, 0.25) is 0 Å². The molecule has 1 aliphatic carbocycles. The second-order valence-corrected chi connectivity index (χ2v) is 7.49. The average Bonchev–Trinajstić information content (AvgIpc) is 2.75. The summed E-state index contributed by atoms with van der Waals surface area (Å²) in [5.41, 5.74) is 2.84. The lowest BCUT2D eigenvalue weighted by Crippen LogP contribution is -2.09. The highest BCUT2D eigenvalue weighted by Crippen LogP contribution is 2.37. The third-order valence-corrected chi connectivity index (χ3v) is 5.71. The highest BCUT2D eigenvalue weighted by molar-refractivity contribution is 9.09. The minimum Gasteiger partial charge on any atom is -0.493 e. The van der Waals surface area contributed by atoms with Gasteiger partial charge in [0.05, 0.1) is 6.61 Å². The summed E-state index contributed by atoms with van der Waals surface area (Å²) in [7, 11) is 0. The van der Waals surface area contributed by atoms with Crippen molar-refractivity contribution in [3.05, 3.63) is 29.3 Å². The predicted molar refractivity (Wildman–Crippen MR) is 87.7 cm³/mol. The standard InChI is InChI=1S/C18H25BrO/c19-17(12-14-6-3-1-2-4-7-14)15-9-10-18-16(13-15)8-5-11-20-18/h9-10,13-14,17H,1-8,11-12H2. The highest BCUT2D eigenvalue weighted by Gasteiger charge is 2.19. The Hall–Kier alpha value is -0.500. The van der Waals surface area contributed by atoms with Gasteiger partial charge in [-0.1, -0.05) is 66.6 Å². The molecule has 1 aliphatic heterocycles. The second kappa shape index (κ2) is 6.98. The van der Waals surface area contributed by atoms with Crippen molar-refractivity contribution < 1.29 is 4.74 Å². The van der Waals surface area contributed by atoms with Gasteiger partial charge in [0, 0.05) is 4.83 Å². The molecule has 20 heavy (non-hydrogen) atoms. The first kappa shape index (κ1) is 14.4. The minimum absolute atomic E-state index is 0.512. The maximum absolute atomic E-state index is 5.71. The number of aryl methyl sites for hydroxylation is 1. The summed E-state index contributed by atoms with van der Waals surface area (Å²) >= 11 is 3.93. The van der Waals surface area contributed by atoms with Gasteiger partial charge < -0.3 is 4.74 Å². The van der Waals surface area contributed by atoms with Crippen LogP contribution in [0.15, 0.2) is 18.2 Å². The molecule has 1 nitrogen and oxygen atoms in total. The highest BCUT2D eigenvalue weighted by atomic mass is 79.9.